The van der Waals surface area contributed by atoms with Crippen LogP contribution >= 0.6 is 0 Å². The Kier molecular flexibility index (Phi) is 4.94. The number of hydrogen-bond acceptors (Lipinski definition) is 3. The molecule has 0 aromatic carbocycles. The second-order valence-electron chi connectivity index (χ2n) is 3.80. The van der Waals surface area contributed by atoms with Crippen LogP contribution in [0.25, 0.3) is 6.08 Å². The standard InChI is InChI=1S/C14H16N2O2/c1-4-8-16(5-2)14-11(3)9-12(10-15-14)6-7-13(17)18/h1,6-7,9-10H,5,8H2,2-3H3,(H,17,18)/b7-6+. The van der Waals surface area contributed by atoms with E-state index in [2.05, 4.69) is 10.9 Å². The number of carboxylic acid groups (broad SMARTS) is 1. The minimum absolute atomic E-state index is 0.509. The lowest BCUT2D eigenvalue weighted by Gasteiger charge is -2.21. The number of carbonyl (C=O) groups is 1. The van der Waals surface area contributed by atoms with Crippen LogP contribution in [-0.4, -0.2) is 29.1 Å². The van der Waals surface area contributed by atoms with Gasteiger partial charge in [0.05, 0.1) is 6.54 Å². The number of rotatable bonds is 5. The van der Waals surface area contributed by atoms with E-state index < -0.39 is 5.97 Å². The highest BCUT2D eigenvalue weighted by Crippen LogP contribution is 2.18. The highest BCUT2D eigenvalue weighted by Gasteiger charge is 2.07. The van der Waals surface area contributed by atoms with Crippen molar-refractivity contribution in [3.63, 3.8) is 0 Å². The third-order valence-electron chi connectivity index (χ3n) is 2.45. The van der Waals surface area contributed by atoms with Gasteiger partial charge >= 0.3 is 5.97 Å². The second kappa shape index (κ2) is 6.45. The molecule has 0 aliphatic rings. The van der Waals surface area contributed by atoms with Crippen LogP contribution in [0.2, 0.25) is 0 Å². The van der Waals surface area contributed by atoms with Crippen LogP contribution in [0.5, 0.6) is 0 Å². The van der Waals surface area contributed by atoms with Crippen molar-refractivity contribution in [3.8, 4) is 12.3 Å². The fourth-order valence-electron chi connectivity index (χ4n) is 1.63. The van der Waals surface area contributed by atoms with Gasteiger partial charge in [0, 0.05) is 18.8 Å². The van der Waals surface area contributed by atoms with Gasteiger partial charge in [-0.15, -0.1) is 6.42 Å². The van der Waals surface area contributed by atoms with Gasteiger partial charge in [0.15, 0.2) is 0 Å². The van der Waals surface area contributed by atoms with Crippen molar-refractivity contribution in [2.75, 3.05) is 18.0 Å². The largest absolute Gasteiger partial charge is 0.478 e. The number of nitrogens with zero attached hydrogens (tertiary/aromatic N) is 2. The number of aromatic nitrogens is 1. The summed E-state index contributed by atoms with van der Waals surface area (Å²) in [6, 6.07) is 1.89. The molecule has 1 rings (SSSR count). The number of aryl methyl sites for hydroxylation is 1. The molecular weight excluding hydrogens is 228 g/mol. The fourth-order valence-corrected chi connectivity index (χ4v) is 1.63. The van der Waals surface area contributed by atoms with E-state index in [4.69, 9.17) is 11.5 Å². The molecule has 1 N–H and O–H groups in total. The molecule has 1 aromatic heterocycles. The fraction of sp³-hybridized carbons (Fsp3) is 0.286. The second-order valence-corrected chi connectivity index (χ2v) is 3.80. The average Bonchev–Trinajstić information content (AvgIpc) is 2.34. The molecule has 0 atom stereocenters. The molecule has 0 bridgehead atoms. The molecule has 0 amide bonds. The quantitative estimate of drug-likeness (QED) is 0.635. The molecule has 1 heterocycles. The van der Waals surface area contributed by atoms with E-state index >= 15 is 0 Å². The monoisotopic (exact) mass is 244 g/mol. The van der Waals surface area contributed by atoms with Crippen LogP contribution in [0.15, 0.2) is 18.3 Å². The number of pyridine rings is 1. The van der Waals surface area contributed by atoms with Gasteiger partial charge < -0.3 is 10.0 Å². The highest BCUT2D eigenvalue weighted by molar-refractivity contribution is 5.85. The maximum Gasteiger partial charge on any atom is 0.328 e. The van der Waals surface area contributed by atoms with Crippen molar-refractivity contribution in [2.45, 2.75) is 13.8 Å². The lowest BCUT2D eigenvalue weighted by Crippen LogP contribution is -2.24. The van der Waals surface area contributed by atoms with Gasteiger partial charge in [-0.3, -0.25) is 0 Å². The Morgan fingerprint density at radius 1 is 1.67 bits per heavy atom. The summed E-state index contributed by atoms with van der Waals surface area (Å²) in [6.07, 6.45) is 9.56. The van der Waals surface area contributed by atoms with Crippen molar-refractivity contribution in [1.29, 1.82) is 0 Å². The number of terminal acetylenes is 1. The molecule has 18 heavy (non-hydrogen) atoms. The number of anilines is 1. The first kappa shape index (κ1) is 13.8. The van der Waals surface area contributed by atoms with Crippen LogP contribution in [0.1, 0.15) is 18.1 Å². The smallest absolute Gasteiger partial charge is 0.328 e. The molecule has 0 saturated heterocycles. The van der Waals surface area contributed by atoms with E-state index in [1.165, 1.54) is 6.08 Å². The Hall–Kier alpha value is -2.28. The SMILES string of the molecule is C#CCN(CC)c1ncc(/C=C/C(=O)O)cc1C. The lowest BCUT2D eigenvalue weighted by atomic mass is 10.2. The molecular formula is C14H16N2O2. The first-order valence-corrected chi connectivity index (χ1v) is 5.64. The van der Waals surface area contributed by atoms with E-state index in [0.29, 0.717) is 6.54 Å². The summed E-state index contributed by atoms with van der Waals surface area (Å²) in [7, 11) is 0. The summed E-state index contributed by atoms with van der Waals surface area (Å²) in [6.45, 7) is 5.23. The Bertz CT molecular complexity index is 501. The zero-order chi connectivity index (χ0) is 13.5. The van der Waals surface area contributed by atoms with E-state index in [1.807, 2.05) is 24.8 Å². The topological polar surface area (TPSA) is 53.4 Å². The predicted octanol–water partition coefficient (Wildman–Crippen LogP) is 1.95. The number of carboxylic acids is 1. The van der Waals surface area contributed by atoms with Gasteiger partial charge in [-0.25, -0.2) is 9.78 Å². The zero-order valence-electron chi connectivity index (χ0n) is 10.6. The summed E-state index contributed by atoms with van der Waals surface area (Å²) in [5.41, 5.74) is 1.73. The van der Waals surface area contributed by atoms with Crippen LogP contribution in [0.4, 0.5) is 5.82 Å². The van der Waals surface area contributed by atoms with Crippen molar-refractivity contribution in [3.05, 3.63) is 29.5 Å². The maximum atomic E-state index is 10.4. The van der Waals surface area contributed by atoms with Crippen molar-refractivity contribution in [2.24, 2.45) is 0 Å². The van der Waals surface area contributed by atoms with Crippen LogP contribution in [0, 0.1) is 19.3 Å². The van der Waals surface area contributed by atoms with Crippen molar-refractivity contribution in [1.82, 2.24) is 4.98 Å². The summed E-state index contributed by atoms with van der Waals surface area (Å²) in [4.78, 5) is 16.7. The summed E-state index contributed by atoms with van der Waals surface area (Å²) >= 11 is 0. The minimum atomic E-state index is -0.973. The molecule has 4 heteroatoms. The van der Waals surface area contributed by atoms with Gasteiger partial charge in [-0.05, 0) is 37.1 Å². The molecule has 0 radical (unpaired) electrons. The van der Waals surface area contributed by atoms with Crippen LogP contribution < -0.4 is 4.90 Å². The molecule has 1 aromatic rings. The predicted molar refractivity (Wildman–Crippen MR) is 72.4 cm³/mol. The highest BCUT2D eigenvalue weighted by atomic mass is 16.4. The summed E-state index contributed by atoms with van der Waals surface area (Å²) in [5, 5.41) is 8.56. The van der Waals surface area contributed by atoms with Gasteiger partial charge in [-0.1, -0.05) is 5.92 Å². The number of aliphatic carboxylic acids is 1. The van der Waals surface area contributed by atoms with Gasteiger partial charge in [-0.2, -0.15) is 0 Å². The molecule has 0 fully saturated rings. The Morgan fingerprint density at radius 3 is 2.89 bits per heavy atom. The number of hydrogen-bond donors (Lipinski definition) is 1. The third kappa shape index (κ3) is 3.63. The van der Waals surface area contributed by atoms with Crippen LogP contribution in [-0.2, 0) is 4.79 Å². The van der Waals surface area contributed by atoms with Crippen molar-refractivity contribution < 1.29 is 9.90 Å². The maximum absolute atomic E-state index is 10.4. The Balaban J connectivity index is 2.99. The van der Waals surface area contributed by atoms with E-state index in [-0.39, 0.29) is 0 Å². The van der Waals surface area contributed by atoms with E-state index in [9.17, 15) is 4.79 Å². The van der Waals surface area contributed by atoms with E-state index in [0.717, 1.165) is 29.6 Å². The summed E-state index contributed by atoms with van der Waals surface area (Å²) in [5.74, 6) is 2.46. The van der Waals surface area contributed by atoms with Crippen molar-refractivity contribution >= 4 is 17.9 Å². The molecule has 94 valence electrons. The Morgan fingerprint density at radius 2 is 2.39 bits per heavy atom. The first-order valence-electron chi connectivity index (χ1n) is 5.64. The lowest BCUT2D eigenvalue weighted by molar-refractivity contribution is -0.131. The van der Waals surface area contributed by atoms with E-state index in [1.54, 1.807) is 6.20 Å². The molecule has 4 nitrogen and oxygen atoms in total. The minimum Gasteiger partial charge on any atom is -0.478 e. The Labute approximate surface area is 107 Å². The molecule has 0 saturated carbocycles. The van der Waals surface area contributed by atoms with Gasteiger partial charge in [0.2, 0.25) is 0 Å². The molecule has 0 aliphatic heterocycles. The van der Waals surface area contributed by atoms with Gasteiger partial charge in [0.1, 0.15) is 5.82 Å². The average molecular weight is 244 g/mol. The zero-order valence-corrected chi connectivity index (χ0v) is 10.6. The molecule has 0 spiro atoms. The van der Waals surface area contributed by atoms with Gasteiger partial charge in [0.25, 0.3) is 0 Å². The molecule has 0 unspecified atom stereocenters. The summed E-state index contributed by atoms with van der Waals surface area (Å²) < 4.78 is 0. The first-order chi connectivity index (χ1) is 8.58. The normalized spacial score (nSPS) is 10.3. The molecule has 0 aliphatic carbocycles. The third-order valence-corrected chi connectivity index (χ3v) is 2.45. The van der Waals surface area contributed by atoms with Crippen LogP contribution in [0.3, 0.4) is 0 Å².